The van der Waals surface area contributed by atoms with E-state index < -0.39 is 5.97 Å². The molecule has 31 heavy (non-hydrogen) atoms. The first-order valence-corrected chi connectivity index (χ1v) is 10.0. The molecule has 4 rings (SSSR count). The molecular weight excluding hydrogens is 396 g/mol. The third-order valence-electron chi connectivity index (χ3n) is 5.14. The number of hydrogen-bond donors (Lipinski definition) is 2. The number of aromatic nitrogens is 2. The lowest BCUT2D eigenvalue weighted by atomic mass is 10.0. The fourth-order valence-corrected chi connectivity index (χ4v) is 3.50. The lowest BCUT2D eigenvalue weighted by Gasteiger charge is -2.17. The highest BCUT2D eigenvalue weighted by molar-refractivity contribution is 6.04. The monoisotopic (exact) mass is 418 g/mol. The Morgan fingerprint density at radius 1 is 1.16 bits per heavy atom. The Morgan fingerprint density at radius 2 is 1.94 bits per heavy atom. The SMILES string of the molecule is CCOC(=O)c1cnn(-c2ccc(C(=O)Nc3ccc4c(c3)CCC(=O)N4)cc2)c1C. The van der Waals surface area contributed by atoms with Crippen molar-refractivity contribution in [1.29, 1.82) is 0 Å². The summed E-state index contributed by atoms with van der Waals surface area (Å²) in [7, 11) is 0. The van der Waals surface area contributed by atoms with E-state index in [1.165, 1.54) is 6.20 Å². The van der Waals surface area contributed by atoms with Gasteiger partial charge in [0.2, 0.25) is 5.91 Å². The Labute approximate surface area is 179 Å². The molecule has 2 aromatic carbocycles. The number of fused-ring (bicyclic) bond motifs is 1. The number of nitrogens with one attached hydrogen (secondary N) is 2. The van der Waals surface area contributed by atoms with Crippen molar-refractivity contribution in [2.75, 3.05) is 17.2 Å². The summed E-state index contributed by atoms with van der Waals surface area (Å²) in [5.41, 5.74) is 4.75. The number of rotatable bonds is 5. The number of ether oxygens (including phenoxy) is 1. The van der Waals surface area contributed by atoms with Crippen LogP contribution in [-0.4, -0.2) is 34.2 Å². The highest BCUT2D eigenvalue weighted by Crippen LogP contribution is 2.26. The van der Waals surface area contributed by atoms with Gasteiger partial charge in [-0.05, 0) is 68.3 Å². The average molecular weight is 418 g/mol. The van der Waals surface area contributed by atoms with Crippen LogP contribution in [-0.2, 0) is 16.0 Å². The summed E-state index contributed by atoms with van der Waals surface area (Å²) in [5.74, 6) is -0.645. The molecule has 0 unspecified atom stereocenters. The maximum atomic E-state index is 12.6. The number of esters is 1. The van der Waals surface area contributed by atoms with E-state index in [9.17, 15) is 14.4 Å². The molecule has 0 radical (unpaired) electrons. The fraction of sp³-hybridized carbons (Fsp3) is 0.217. The Morgan fingerprint density at radius 3 is 2.68 bits per heavy atom. The van der Waals surface area contributed by atoms with E-state index in [0.717, 1.165) is 16.9 Å². The van der Waals surface area contributed by atoms with Crippen LogP contribution < -0.4 is 10.6 Å². The minimum Gasteiger partial charge on any atom is -0.462 e. The van der Waals surface area contributed by atoms with Crippen LogP contribution in [0.5, 0.6) is 0 Å². The van der Waals surface area contributed by atoms with Gasteiger partial charge in [0.1, 0.15) is 5.56 Å². The molecule has 8 nitrogen and oxygen atoms in total. The van der Waals surface area contributed by atoms with Crippen LogP contribution in [0, 0.1) is 6.92 Å². The van der Waals surface area contributed by atoms with Crippen LogP contribution in [0.4, 0.5) is 11.4 Å². The van der Waals surface area contributed by atoms with Crippen LogP contribution in [0.3, 0.4) is 0 Å². The molecule has 0 saturated heterocycles. The Balaban J connectivity index is 1.48. The van der Waals surface area contributed by atoms with Gasteiger partial charge in [-0.15, -0.1) is 0 Å². The lowest BCUT2D eigenvalue weighted by Crippen LogP contribution is -2.19. The molecule has 3 aromatic rings. The first-order valence-electron chi connectivity index (χ1n) is 10.0. The normalized spacial score (nSPS) is 12.6. The molecule has 2 amide bonds. The van der Waals surface area contributed by atoms with E-state index in [1.807, 2.05) is 6.07 Å². The third kappa shape index (κ3) is 4.18. The zero-order chi connectivity index (χ0) is 22.0. The van der Waals surface area contributed by atoms with Gasteiger partial charge in [-0.1, -0.05) is 0 Å². The maximum Gasteiger partial charge on any atom is 0.341 e. The second-order valence-corrected chi connectivity index (χ2v) is 7.20. The van der Waals surface area contributed by atoms with E-state index in [1.54, 1.807) is 54.9 Å². The second kappa shape index (κ2) is 8.43. The van der Waals surface area contributed by atoms with Crippen LogP contribution in [0.15, 0.2) is 48.7 Å². The molecule has 0 aliphatic carbocycles. The molecule has 0 fully saturated rings. The summed E-state index contributed by atoms with van der Waals surface area (Å²) >= 11 is 0. The van der Waals surface area contributed by atoms with Crippen LogP contribution in [0.2, 0.25) is 0 Å². The van der Waals surface area contributed by atoms with Crippen molar-refractivity contribution in [2.24, 2.45) is 0 Å². The standard InChI is InChI=1S/C23H22N4O4/c1-3-31-23(30)19-13-24-27(14(19)2)18-8-4-15(5-9-18)22(29)25-17-7-10-20-16(12-17)6-11-21(28)26-20/h4-5,7-10,12-13H,3,6,11H2,1-2H3,(H,25,29)(H,26,28). The lowest BCUT2D eigenvalue weighted by molar-refractivity contribution is -0.116. The molecule has 0 bridgehead atoms. The summed E-state index contributed by atoms with van der Waals surface area (Å²) in [6.45, 7) is 3.84. The van der Waals surface area contributed by atoms with Crippen LogP contribution in [0.25, 0.3) is 5.69 Å². The zero-order valence-corrected chi connectivity index (χ0v) is 17.3. The second-order valence-electron chi connectivity index (χ2n) is 7.20. The Hall–Kier alpha value is -3.94. The molecule has 1 aliphatic rings. The van der Waals surface area contributed by atoms with Gasteiger partial charge in [-0.2, -0.15) is 5.10 Å². The van der Waals surface area contributed by atoms with E-state index in [-0.39, 0.29) is 11.8 Å². The first kappa shape index (κ1) is 20.3. The summed E-state index contributed by atoms with van der Waals surface area (Å²) in [6.07, 6.45) is 2.57. The largest absolute Gasteiger partial charge is 0.462 e. The fourth-order valence-electron chi connectivity index (χ4n) is 3.50. The molecular formula is C23H22N4O4. The predicted octanol–water partition coefficient (Wildman–Crippen LogP) is 3.49. The van der Waals surface area contributed by atoms with Gasteiger partial charge in [0, 0.05) is 23.4 Å². The molecule has 8 heteroatoms. The number of hydrogen-bond acceptors (Lipinski definition) is 5. The van der Waals surface area contributed by atoms with Gasteiger partial charge < -0.3 is 15.4 Å². The van der Waals surface area contributed by atoms with Gasteiger partial charge in [0.15, 0.2) is 0 Å². The van der Waals surface area contributed by atoms with Gasteiger partial charge >= 0.3 is 5.97 Å². The summed E-state index contributed by atoms with van der Waals surface area (Å²) in [4.78, 5) is 36.1. The molecule has 1 aliphatic heterocycles. The van der Waals surface area contributed by atoms with Gasteiger partial charge in [0.25, 0.3) is 5.91 Å². The number of amides is 2. The molecule has 0 spiro atoms. The number of anilines is 2. The smallest absolute Gasteiger partial charge is 0.341 e. The summed E-state index contributed by atoms with van der Waals surface area (Å²) in [5, 5.41) is 9.98. The average Bonchev–Trinajstić information content (AvgIpc) is 3.15. The molecule has 2 N–H and O–H groups in total. The molecule has 1 aromatic heterocycles. The first-order chi connectivity index (χ1) is 15.0. The van der Waals surface area contributed by atoms with Crippen molar-refractivity contribution < 1.29 is 19.1 Å². The van der Waals surface area contributed by atoms with Crippen LogP contribution in [0.1, 0.15) is 45.3 Å². The van der Waals surface area contributed by atoms with Crippen molar-refractivity contribution in [3.63, 3.8) is 0 Å². The maximum absolute atomic E-state index is 12.6. The highest BCUT2D eigenvalue weighted by atomic mass is 16.5. The Bertz CT molecular complexity index is 1160. The number of carbonyl (C=O) groups excluding carboxylic acids is 3. The third-order valence-corrected chi connectivity index (χ3v) is 5.14. The van der Waals surface area contributed by atoms with Crippen molar-refractivity contribution in [3.05, 3.63) is 71.0 Å². The zero-order valence-electron chi connectivity index (χ0n) is 17.3. The van der Waals surface area contributed by atoms with E-state index in [2.05, 4.69) is 15.7 Å². The van der Waals surface area contributed by atoms with Gasteiger partial charge in [0.05, 0.1) is 24.2 Å². The Kier molecular flexibility index (Phi) is 5.53. The summed E-state index contributed by atoms with van der Waals surface area (Å²) < 4.78 is 6.67. The molecule has 0 atom stereocenters. The minimum atomic E-state index is -0.410. The van der Waals surface area contributed by atoms with Crippen molar-refractivity contribution in [1.82, 2.24) is 9.78 Å². The molecule has 0 saturated carbocycles. The predicted molar refractivity (Wildman–Crippen MR) is 116 cm³/mol. The molecule has 2 heterocycles. The van der Waals surface area contributed by atoms with Crippen molar-refractivity contribution >= 4 is 29.2 Å². The van der Waals surface area contributed by atoms with Gasteiger partial charge in [-0.25, -0.2) is 9.48 Å². The van der Waals surface area contributed by atoms with Crippen molar-refractivity contribution in [3.8, 4) is 5.69 Å². The number of aryl methyl sites for hydroxylation is 1. The summed E-state index contributed by atoms with van der Waals surface area (Å²) in [6, 6.07) is 12.4. The van der Waals surface area contributed by atoms with Gasteiger partial charge in [-0.3, -0.25) is 9.59 Å². The molecule has 158 valence electrons. The highest BCUT2D eigenvalue weighted by Gasteiger charge is 2.17. The number of nitrogens with zero attached hydrogens (tertiary/aromatic N) is 2. The quantitative estimate of drug-likeness (QED) is 0.618. The van der Waals surface area contributed by atoms with Crippen LogP contribution >= 0.6 is 0 Å². The number of carbonyl (C=O) groups is 3. The minimum absolute atomic E-state index is 0.00571. The topological polar surface area (TPSA) is 102 Å². The van der Waals surface area contributed by atoms with E-state index in [4.69, 9.17) is 4.74 Å². The van der Waals surface area contributed by atoms with E-state index in [0.29, 0.717) is 42.0 Å². The van der Waals surface area contributed by atoms with Crippen molar-refractivity contribution in [2.45, 2.75) is 26.7 Å². The van der Waals surface area contributed by atoms with E-state index >= 15 is 0 Å². The number of benzene rings is 2.